The second-order valence-corrected chi connectivity index (χ2v) is 10.8. The van der Waals surface area contributed by atoms with E-state index in [-0.39, 0.29) is 18.3 Å². The quantitative estimate of drug-likeness (QED) is 0.387. The van der Waals surface area contributed by atoms with Crippen LogP contribution in [-0.4, -0.2) is 67.9 Å². The molecule has 0 spiro atoms. The summed E-state index contributed by atoms with van der Waals surface area (Å²) in [5.74, 6) is 1.98. The van der Waals surface area contributed by atoms with Crippen LogP contribution in [0.3, 0.4) is 0 Å². The van der Waals surface area contributed by atoms with Crippen molar-refractivity contribution in [1.82, 2.24) is 9.80 Å². The Kier molecular flexibility index (Phi) is 8.77. The number of fused-ring (bicyclic) bond motifs is 2. The van der Waals surface area contributed by atoms with E-state index in [9.17, 15) is 10.1 Å². The van der Waals surface area contributed by atoms with Crippen LogP contribution in [0, 0.1) is 11.3 Å². The maximum Gasteiger partial charge on any atom is 0.410 e. The molecule has 1 amide bonds. The average Bonchev–Trinajstić information content (AvgIpc) is 3.56. The molecule has 1 saturated carbocycles. The molecule has 8 heteroatoms. The molecule has 2 aromatic carbocycles. The second-order valence-electron chi connectivity index (χ2n) is 10.8. The monoisotopic (exact) mass is 533 g/mol. The Balaban J connectivity index is 1.21. The molecule has 3 aliphatic rings. The molecule has 5 rings (SSSR count). The van der Waals surface area contributed by atoms with Gasteiger partial charge in [-0.2, -0.15) is 5.26 Å². The summed E-state index contributed by atoms with van der Waals surface area (Å²) in [5.41, 5.74) is 1.66. The van der Waals surface area contributed by atoms with E-state index in [0.717, 1.165) is 76.6 Å². The van der Waals surface area contributed by atoms with E-state index in [4.69, 9.17) is 18.9 Å². The summed E-state index contributed by atoms with van der Waals surface area (Å²) in [6, 6.07) is 16.2. The van der Waals surface area contributed by atoms with Gasteiger partial charge in [-0.15, -0.1) is 0 Å². The summed E-state index contributed by atoms with van der Waals surface area (Å²) in [4.78, 5) is 17.3. The molecular formula is C31H39N3O5. The molecule has 2 aromatic rings. The highest BCUT2D eigenvalue weighted by molar-refractivity contribution is 5.68. The molecule has 2 saturated heterocycles. The van der Waals surface area contributed by atoms with Crippen LogP contribution in [0.5, 0.6) is 17.2 Å². The summed E-state index contributed by atoms with van der Waals surface area (Å²) >= 11 is 0. The normalized spacial score (nSPS) is 21.8. The first kappa shape index (κ1) is 27.1. The highest BCUT2D eigenvalue weighted by atomic mass is 16.6. The Morgan fingerprint density at radius 2 is 1.67 bits per heavy atom. The number of amides is 1. The Bertz CT molecular complexity index is 1140. The number of ether oxygens (including phenoxy) is 4. The van der Waals surface area contributed by atoms with Crippen LogP contribution in [0.4, 0.5) is 4.79 Å². The Hall–Kier alpha value is -3.44. The second kappa shape index (κ2) is 12.6. The van der Waals surface area contributed by atoms with Crippen LogP contribution in [0.15, 0.2) is 42.5 Å². The fraction of sp³-hybridized carbons (Fsp3) is 0.548. The van der Waals surface area contributed by atoms with Gasteiger partial charge in [-0.25, -0.2) is 4.79 Å². The third kappa shape index (κ3) is 6.42. The first-order valence-corrected chi connectivity index (χ1v) is 14.2. The standard InChI is InChI=1S/C31H39N3O5/c1-36-29-16-15-27(18-30(29)37-2)38-28(23-11-9-22(19-32)10-12-23)8-5-17-34-24-13-14-25(34)21-33(20-24)31(35)39-26-6-3-4-7-26/h9-12,15-16,18,24-26,28H,3-8,13-14,17,20-21H2,1-2H3. The molecule has 2 heterocycles. The van der Waals surface area contributed by atoms with Crippen molar-refractivity contribution >= 4 is 6.09 Å². The first-order valence-electron chi connectivity index (χ1n) is 14.2. The van der Waals surface area contributed by atoms with Gasteiger partial charge in [0.2, 0.25) is 0 Å². The molecule has 2 aliphatic heterocycles. The minimum atomic E-state index is -0.170. The number of hydrogen-bond donors (Lipinski definition) is 0. The third-order valence-corrected chi connectivity index (χ3v) is 8.39. The Labute approximate surface area is 231 Å². The van der Waals surface area contributed by atoms with E-state index >= 15 is 0 Å². The van der Waals surface area contributed by atoms with Crippen molar-refractivity contribution in [3.63, 3.8) is 0 Å². The van der Waals surface area contributed by atoms with Crippen molar-refractivity contribution in [3.05, 3.63) is 53.6 Å². The lowest BCUT2D eigenvalue weighted by Gasteiger charge is -2.41. The highest BCUT2D eigenvalue weighted by Gasteiger charge is 2.42. The number of hydrogen-bond acceptors (Lipinski definition) is 7. The molecule has 2 bridgehead atoms. The highest BCUT2D eigenvalue weighted by Crippen LogP contribution is 2.35. The van der Waals surface area contributed by atoms with Gasteiger partial charge < -0.3 is 23.8 Å². The van der Waals surface area contributed by atoms with E-state index in [2.05, 4.69) is 11.0 Å². The van der Waals surface area contributed by atoms with Crippen molar-refractivity contribution in [3.8, 4) is 23.3 Å². The molecule has 8 nitrogen and oxygen atoms in total. The third-order valence-electron chi connectivity index (χ3n) is 8.39. The molecule has 208 valence electrons. The van der Waals surface area contributed by atoms with E-state index in [0.29, 0.717) is 34.9 Å². The SMILES string of the molecule is COc1ccc(OC(CCCN2C3CCC2CN(C(=O)OC2CCCC2)C3)c2ccc(C#N)cc2)cc1OC. The summed E-state index contributed by atoms with van der Waals surface area (Å²) in [6.07, 6.45) is 8.18. The summed E-state index contributed by atoms with van der Waals surface area (Å²) in [7, 11) is 3.23. The number of benzene rings is 2. The van der Waals surface area contributed by atoms with Gasteiger partial charge in [-0.1, -0.05) is 12.1 Å². The fourth-order valence-corrected chi connectivity index (χ4v) is 6.31. The van der Waals surface area contributed by atoms with Gasteiger partial charge in [0.05, 0.1) is 25.9 Å². The summed E-state index contributed by atoms with van der Waals surface area (Å²) < 4.78 is 23.1. The van der Waals surface area contributed by atoms with Crippen LogP contribution in [0.1, 0.15) is 68.6 Å². The van der Waals surface area contributed by atoms with Gasteiger partial charge in [0.1, 0.15) is 18.0 Å². The lowest BCUT2D eigenvalue weighted by Crippen LogP contribution is -2.55. The van der Waals surface area contributed by atoms with Crippen molar-refractivity contribution in [1.29, 1.82) is 5.26 Å². The van der Waals surface area contributed by atoms with Gasteiger partial charge in [-0.05, 0) is 87.7 Å². The number of nitriles is 1. The molecule has 3 fully saturated rings. The van der Waals surface area contributed by atoms with Crippen molar-refractivity contribution in [2.24, 2.45) is 0 Å². The zero-order valence-electron chi connectivity index (χ0n) is 23.0. The molecule has 39 heavy (non-hydrogen) atoms. The minimum absolute atomic E-state index is 0.109. The van der Waals surface area contributed by atoms with Crippen LogP contribution >= 0.6 is 0 Å². The predicted octanol–water partition coefficient (Wildman–Crippen LogP) is 5.70. The van der Waals surface area contributed by atoms with E-state index < -0.39 is 0 Å². The van der Waals surface area contributed by atoms with Gasteiger partial charge >= 0.3 is 6.09 Å². The van der Waals surface area contributed by atoms with E-state index in [1.807, 2.05) is 47.4 Å². The number of nitrogens with zero attached hydrogens (tertiary/aromatic N) is 3. The molecule has 0 N–H and O–H groups in total. The Morgan fingerprint density at radius 3 is 2.31 bits per heavy atom. The fourth-order valence-electron chi connectivity index (χ4n) is 6.31. The number of rotatable bonds is 10. The van der Waals surface area contributed by atoms with Crippen molar-refractivity contribution in [2.75, 3.05) is 33.9 Å². The van der Waals surface area contributed by atoms with Gasteiger partial charge in [0.15, 0.2) is 11.5 Å². The smallest absolute Gasteiger partial charge is 0.410 e. The summed E-state index contributed by atoms with van der Waals surface area (Å²) in [6.45, 7) is 2.47. The van der Waals surface area contributed by atoms with E-state index in [1.54, 1.807) is 14.2 Å². The zero-order valence-corrected chi connectivity index (χ0v) is 23.0. The number of methoxy groups -OCH3 is 2. The Morgan fingerprint density at radius 1 is 0.974 bits per heavy atom. The largest absolute Gasteiger partial charge is 0.493 e. The number of likely N-dealkylation sites (tertiary alicyclic amines) is 1. The van der Waals surface area contributed by atoms with Crippen molar-refractivity contribution in [2.45, 2.75) is 75.7 Å². The number of carbonyl (C=O) groups excluding carboxylic acids is 1. The minimum Gasteiger partial charge on any atom is -0.493 e. The number of piperazine rings is 1. The lowest BCUT2D eigenvalue weighted by atomic mass is 10.0. The topological polar surface area (TPSA) is 84.3 Å². The van der Waals surface area contributed by atoms with Crippen LogP contribution in [0.2, 0.25) is 0 Å². The van der Waals surface area contributed by atoms with Crippen LogP contribution in [-0.2, 0) is 4.74 Å². The average molecular weight is 534 g/mol. The van der Waals surface area contributed by atoms with Gasteiger partial charge in [0, 0.05) is 31.2 Å². The first-order chi connectivity index (χ1) is 19.1. The molecule has 0 aromatic heterocycles. The number of carbonyl (C=O) groups is 1. The molecule has 1 aliphatic carbocycles. The van der Waals surface area contributed by atoms with Crippen LogP contribution < -0.4 is 14.2 Å². The zero-order chi connectivity index (χ0) is 27.2. The predicted molar refractivity (Wildman–Crippen MR) is 147 cm³/mol. The van der Waals surface area contributed by atoms with Crippen molar-refractivity contribution < 1.29 is 23.7 Å². The molecular weight excluding hydrogens is 494 g/mol. The van der Waals surface area contributed by atoms with Gasteiger partial charge in [0.25, 0.3) is 0 Å². The molecule has 0 radical (unpaired) electrons. The van der Waals surface area contributed by atoms with E-state index in [1.165, 1.54) is 0 Å². The van der Waals surface area contributed by atoms with Gasteiger partial charge in [-0.3, -0.25) is 4.90 Å². The molecule has 3 unspecified atom stereocenters. The van der Waals surface area contributed by atoms with Crippen LogP contribution in [0.25, 0.3) is 0 Å². The summed E-state index contributed by atoms with van der Waals surface area (Å²) in [5, 5.41) is 9.23. The molecule has 3 atom stereocenters. The maximum atomic E-state index is 12.8. The maximum absolute atomic E-state index is 12.8. The lowest BCUT2D eigenvalue weighted by molar-refractivity contribution is 0.0258.